The van der Waals surface area contributed by atoms with Crippen molar-refractivity contribution in [3.8, 4) is 0 Å². The van der Waals surface area contributed by atoms with Gasteiger partial charge in [-0.25, -0.2) is 0 Å². The lowest BCUT2D eigenvalue weighted by Gasteiger charge is -2.33. The second kappa shape index (κ2) is 8.51. The van der Waals surface area contributed by atoms with Crippen LogP contribution >= 0.6 is 0 Å². The van der Waals surface area contributed by atoms with E-state index in [0.717, 1.165) is 45.4 Å². The highest BCUT2D eigenvalue weighted by Gasteiger charge is 2.25. The number of nitrogens with one attached hydrogen (secondary N) is 2. The van der Waals surface area contributed by atoms with Crippen LogP contribution in [-0.2, 0) is 9.59 Å². The van der Waals surface area contributed by atoms with E-state index in [-0.39, 0.29) is 23.8 Å². The molecule has 22 heavy (non-hydrogen) atoms. The SMILES string of the molecule is CC(C)C(=O)N1CCC(NC(=O)CCC2CCNCC2)CC1. The molecule has 0 aromatic carbocycles. The molecule has 2 amide bonds. The third-order valence-electron chi connectivity index (χ3n) is 4.90. The highest BCUT2D eigenvalue weighted by atomic mass is 16.2. The van der Waals surface area contributed by atoms with Gasteiger partial charge < -0.3 is 15.5 Å². The lowest BCUT2D eigenvalue weighted by Crippen LogP contribution is -2.47. The number of carbonyl (C=O) groups is 2. The lowest BCUT2D eigenvalue weighted by molar-refractivity contribution is -0.135. The molecule has 2 N–H and O–H groups in total. The van der Waals surface area contributed by atoms with Crippen LogP contribution in [0.1, 0.15) is 52.4 Å². The highest BCUT2D eigenvalue weighted by molar-refractivity contribution is 5.78. The zero-order valence-electron chi connectivity index (χ0n) is 14.1. The summed E-state index contributed by atoms with van der Waals surface area (Å²) in [6.07, 6.45) is 5.83. The molecule has 0 saturated carbocycles. The van der Waals surface area contributed by atoms with E-state index in [9.17, 15) is 9.59 Å². The molecule has 126 valence electrons. The highest BCUT2D eigenvalue weighted by Crippen LogP contribution is 2.18. The normalized spacial score (nSPS) is 21.1. The van der Waals surface area contributed by atoms with Gasteiger partial charge in [0.15, 0.2) is 0 Å². The van der Waals surface area contributed by atoms with Crippen molar-refractivity contribution in [2.75, 3.05) is 26.2 Å². The first-order valence-corrected chi connectivity index (χ1v) is 8.85. The number of nitrogens with zero attached hydrogens (tertiary/aromatic N) is 1. The lowest BCUT2D eigenvalue weighted by atomic mass is 9.93. The van der Waals surface area contributed by atoms with Crippen molar-refractivity contribution < 1.29 is 9.59 Å². The minimum atomic E-state index is 0.0659. The molecule has 0 radical (unpaired) electrons. The first-order chi connectivity index (χ1) is 10.6. The summed E-state index contributed by atoms with van der Waals surface area (Å²) in [5.74, 6) is 1.19. The van der Waals surface area contributed by atoms with Gasteiger partial charge in [-0.15, -0.1) is 0 Å². The Morgan fingerprint density at radius 2 is 1.77 bits per heavy atom. The Labute approximate surface area is 134 Å². The van der Waals surface area contributed by atoms with Gasteiger partial charge in [0, 0.05) is 31.5 Å². The largest absolute Gasteiger partial charge is 0.353 e. The molecule has 5 nitrogen and oxygen atoms in total. The van der Waals surface area contributed by atoms with Crippen molar-refractivity contribution in [3.63, 3.8) is 0 Å². The molecule has 0 unspecified atom stereocenters. The maximum absolute atomic E-state index is 12.1. The van der Waals surface area contributed by atoms with E-state index in [1.165, 1.54) is 12.8 Å². The molecule has 2 saturated heterocycles. The summed E-state index contributed by atoms with van der Waals surface area (Å²) in [7, 11) is 0. The van der Waals surface area contributed by atoms with Crippen molar-refractivity contribution in [1.29, 1.82) is 0 Å². The molecule has 0 aliphatic carbocycles. The van der Waals surface area contributed by atoms with Gasteiger partial charge in [-0.3, -0.25) is 9.59 Å². The van der Waals surface area contributed by atoms with Gasteiger partial charge in [0.25, 0.3) is 0 Å². The smallest absolute Gasteiger partial charge is 0.225 e. The van der Waals surface area contributed by atoms with Crippen LogP contribution in [0.5, 0.6) is 0 Å². The van der Waals surface area contributed by atoms with Gasteiger partial charge in [-0.1, -0.05) is 13.8 Å². The molecule has 2 aliphatic heterocycles. The monoisotopic (exact) mass is 309 g/mol. The fourth-order valence-electron chi connectivity index (χ4n) is 3.41. The van der Waals surface area contributed by atoms with Crippen LogP contribution in [-0.4, -0.2) is 48.9 Å². The molecule has 0 aromatic heterocycles. The summed E-state index contributed by atoms with van der Waals surface area (Å²) >= 11 is 0. The quantitative estimate of drug-likeness (QED) is 0.809. The number of rotatable bonds is 5. The van der Waals surface area contributed by atoms with E-state index in [4.69, 9.17) is 0 Å². The summed E-state index contributed by atoms with van der Waals surface area (Å²) in [4.78, 5) is 25.9. The Bertz CT molecular complexity index is 370. The fraction of sp³-hybridized carbons (Fsp3) is 0.882. The van der Waals surface area contributed by atoms with Crippen LogP contribution in [0, 0.1) is 11.8 Å². The minimum Gasteiger partial charge on any atom is -0.353 e. The molecular formula is C17H31N3O2. The Balaban J connectivity index is 1.63. The van der Waals surface area contributed by atoms with E-state index in [2.05, 4.69) is 10.6 Å². The Hall–Kier alpha value is -1.10. The molecule has 2 heterocycles. The number of amides is 2. The third-order valence-corrected chi connectivity index (χ3v) is 4.90. The zero-order chi connectivity index (χ0) is 15.9. The molecule has 2 aliphatic rings. The Kier molecular flexibility index (Phi) is 6.68. The standard InChI is InChI=1S/C17H31N3O2/c1-13(2)17(22)20-11-7-15(8-12-20)19-16(21)4-3-14-5-9-18-10-6-14/h13-15,18H,3-12H2,1-2H3,(H,19,21). The summed E-state index contributed by atoms with van der Waals surface area (Å²) in [5, 5.41) is 6.51. The average Bonchev–Trinajstić information content (AvgIpc) is 2.54. The molecular weight excluding hydrogens is 278 g/mol. The van der Waals surface area contributed by atoms with Gasteiger partial charge in [0.1, 0.15) is 0 Å². The van der Waals surface area contributed by atoms with Crippen molar-refractivity contribution in [1.82, 2.24) is 15.5 Å². The van der Waals surface area contributed by atoms with Gasteiger partial charge >= 0.3 is 0 Å². The second-order valence-corrected chi connectivity index (χ2v) is 7.05. The molecule has 2 rings (SSSR count). The van der Waals surface area contributed by atoms with Crippen LogP contribution in [0.2, 0.25) is 0 Å². The van der Waals surface area contributed by atoms with Crippen molar-refractivity contribution in [3.05, 3.63) is 0 Å². The first-order valence-electron chi connectivity index (χ1n) is 8.85. The van der Waals surface area contributed by atoms with E-state index < -0.39 is 0 Å². The third kappa shape index (κ3) is 5.27. The summed E-state index contributed by atoms with van der Waals surface area (Å²) < 4.78 is 0. The topological polar surface area (TPSA) is 61.4 Å². The van der Waals surface area contributed by atoms with Crippen LogP contribution in [0.3, 0.4) is 0 Å². The van der Waals surface area contributed by atoms with Crippen molar-refractivity contribution in [2.45, 2.75) is 58.4 Å². The van der Waals surface area contributed by atoms with Gasteiger partial charge in [-0.2, -0.15) is 0 Å². The van der Waals surface area contributed by atoms with Crippen LogP contribution in [0.4, 0.5) is 0 Å². The number of likely N-dealkylation sites (tertiary alicyclic amines) is 1. The van der Waals surface area contributed by atoms with Crippen LogP contribution in [0.15, 0.2) is 0 Å². The van der Waals surface area contributed by atoms with Crippen LogP contribution < -0.4 is 10.6 Å². The van der Waals surface area contributed by atoms with E-state index in [0.29, 0.717) is 12.3 Å². The summed E-state index contributed by atoms with van der Waals surface area (Å²) in [6, 6.07) is 0.247. The number of hydrogen-bond donors (Lipinski definition) is 2. The summed E-state index contributed by atoms with van der Waals surface area (Å²) in [6.45, 7) is 7.61. The first kappa shape index (κ1) is 17.3. The minimum absolute atomic E-state index is 0.0659. The maximum Gasteiger partial charge on any atom is 0.225 e. The predicted octanol–water partition coefficient (Wildman–Crippen LogP) is 1.53. The Morgan fingerprint density at radius 3 is 2.36 bits per heavy atom. The molecule has 5 heteroatoms. The number of hydrogen-bond acceptors (Lipinski definition) is 3. The molecule has 0 bridgehead atoms. The van der Waals surface area contributed by atoms with Crippen molar-refractivity contribution in [2.24, 2.45) is 11.8 Å². The molecule has 0 aromatic rings. The van der Waals surface area contributed by atoms with Gasteiger partial charge in [0.2, 0.25) is 11.8 Å². The predicted molar refractivity (Wildman–Crippen MR) is 87.4 cm³/mol. The van der Waals surface area contributed by atoms with E-state index >= 15 is 0 Å². The second-order valence-electron chi connectivity index (χ2n) is 7.05. The maximum atomic E-state index is 12.1. The molecule has 2 fully saturated rings. The van der Waals surface area contributed by atoms with Gasteiger partial charge in [-0.05, 0) is 51.1 Å². The van der Waals surface area contributed by atoms with Gasteiger partial charge in [0.05, 0.1) is 0 Å². The molecule has 0 atom stereocenters. The van der Waals surface area contributed by atoms with E-state index in [1.807, 2.05) is 18.7 Å². The van der Waals surface area contributed by atoms with Crippen LogP contribution in [0.25, 0.3) is 0 Å². The Morgan fingerprint density at radius 1 is 1.14 bits per heavy atom. The number of piperidine rings is 2. The molecule has 0 spiro atoms. The zero-order valence-corrected chi connectivity index (χ0v) is 14.1. The summed E-state index contributed by atoms with van der Waals surface area (Å²) in [5.41, 5.74) is 0. The average molecular weight is 309 g/mol. The van der Waals surface area contributed by atoms with E-state index in [1.54, 1.807) is 0 Å². The van der Waals surface area contributed by atoms with Crippen molar-refractivity contribution >= 4 is 11.8 Å². The fourth-order valence-corrected chi connectivity index (χ4v) is 3.41. The number of carbonyl (C=O) groups excluding carboxylic acids is 2.